The Morgan fingerprint density at radius 3 is 2.17 bits per heavy atom. The van der Waals surface area contributed by atoms with Crippen molar-refractivity contribution in [3.05, 3.63) is 29.8 Å². The first-order valence-electron chi connectivity index (χ1n) is 11.0. The molecule has 1 aromatic carbocycles. The van der Waals surface area contributed by atoms with E-state index in [0.717, 1.165) is 32.4 Å². The van der Waals surface area contributed by atoms with Gasteiger partial charge >= 0.3 is 0 Å². The minimum Gasteiger partial charge on any atom is -0.343 e. The Hall–Kier alpha value is -1.44. The zero-order valence-corrected chi connectivity index (χ0v) is 18.7. The van der Waals surface area contributed by atoms with Gasteiger partial charge in [0.2, 0.25) is 15.9 Å². The number of hydrogen-bond acceptors (Lipinski definition) is 4. The quantitative estimate of drug-likeness (QED) is 0.679. The molecule has 1 amide bonds. The molecule has 0 bridgehead atoms. The van der Waals surface area contributed by atoms with E-state index in [4.69, 9.17) is 0 Å². The van der Waals surface area contributed by atoms with Gasteiger partial charge in [0.15, 0.2) is 0 Å². The third-order valence-electron chi connectivity index (χ3n) is 6.38. The molecule has 0 radical (unpaired) electrons. The van der Waals surface area contributed by atoms with E-state index < -0.39 is 10.0 Å². The normalized spacial score (nSPS) is 20.6. The smallest absolute Gasteiger partial charge is 0.243 e. The predicted molar refractivity (Wildman–Crippen MR) is 115 cm³/mol. The second-order valence-corrected chi connectivity index (χ2v) is 10.3. The van der Waals surface area contributed by atoms with E-state index in [2.05, 4.69) is 18.7 Å². The molecular weight excluding hydrogens is 386 g/mol. The first-order valence-corrected chi connectivity index (χ1v) is 12.5. The molecule has 0 aromatic heterocycles. The maximum Gasteiger partial charge on any atom is 0.243 e. The summed E-state index contributed by atoms with van der Waals surface area (Å²) in [6, 6.07) is 7.34. The number of benzene rings is 1. The number of carbonyl (C=O) groups is 1. The number of rotatable bonds is 7. The van der Waals surface area contributed by atoms with Gasteiger partial charge in [-0.2, -0.15) is 4.31 Å². The zero-order chi connectivity index (χ0) is 20.9. The van der Waals surface area contributed by atoms with Gasteiger partial charge in [-0.3, -0.25) is 4.79 Å². The van der Waals surface area contributed by atoms with Crippen LogP contribution in [-0.4, -0.2) is 74.2 Å². The molecule has 7 heteroatoms. The van der Waals surface area contributed by atoms with Crippen molar-refractivity contribution in [3.8, 4) is 0 Å². The highest BCUT2D eigenvalue weighted by molar-refractivity contribution is 7.89. The van der Waals surface area contributed by atoms with Gasteiger partial charge in [-0.1, -0.05) is 26.0 Å². The molecule has 0 saturated carbocycles. The molecule has 2 fully saturated rings. The van der Waals surface area contributed by atoms with Crippen LogP contribution in [0.2, 0.25) is 0 Å². The second-order valence-electron chi connectivity index (χ2n) is 8.32. The van der Waals surface area contributed by atoms with Crippen LogP contribution in [0, 0.1) is 0 Å². The molecule has 6 nitrogen and oxygen atoms in total. The van der Waals surface area contributed by atoms with Crippen LogP contribution in [-0.2, 0) is 14.8 Å². The summed E-state index contributed by atoms with van der Waals surface area (Å²) in [7, 11) is -3.45. The largest absolute Gasteiger partial charge is 0.343 e. The molecule has 162 valence electrons. The summed E-state index contributed by atoms with van der Waals surface area (Å²) in [5.74, 6) is 0.670. The van der Waals surface area contributed by atoms with Crippen molar-refractivity contribution in [1.82, 2.24) is 14.1 Å². The molecule has 2 saturated heterocycles. The number of sulfonamides is 1. The minimum atomic E-state index is -3.45. The Morgan fingerprint density at radius 1 is 0.966 bits per heavy atom. The summed E-state index contributed by atoms with van der Waals surface area (Å²) < 4.78 is 27.5. The van der Waals surface area contributed by atoms with Gasteiger partial charge in [-0.15, -0.1) is 0 Å². The molecule has 1 aromatic rings. The van der Waals surface area contributed by atoms with Crippen LogP contribution < -0.4 is 0 Å². The molecule has 0 N–H and O–H groups in total. The molecular formula is C22H35N3O3S. The Labute approximate surface area is 175 Å². The topological polar surface area (TPSA) is 60.9 Å². The van der Waals surface area contributed by atoms with Gasteiger partial charge < -0.3 is 9.80 Å². The van der Waals surface area contributed by atoms with Crippen LogP contribution in [0.3, 0.4) is 0 Å². The maximum atomic E-state index is 13.0. The van der Waals surface area contributed by atoms with Gasteiger partial charge in [0, 0.05) is 52.2 Å². The summed E-state index contributed by atoms with van der Waals surface area (Å²) in [5, 5.41) is 0. The average Bonchev–Trinajstić information content (AvgIpc) is 2.78. The Kier molecular flexibility index (Phi) is 7.71. The Bertz CT molecular complexity index is 765. The van der Waals surface area contributed by atoms with E-state index in [1.54, 1.807) is 16.4 Å². The first-order chi connectivity index (χ1) is 13.9. The number of carbonyl (C=O) groups excluding carboxylic acids is 1. The Balaban J connectivity index is 1.49. The lowest BCUT2D eigenvalue weighted by atomic mass is 9.99. The number of piperidine rings is 1. The van der Waals surface area contributed by atoms with Crippen LogP contribution in [0.15, 0.2) is 29.2 Å². The lowest BCUT2D eigenvalue weighted by Gasteiger charge is -2.34. The number of likely N-dealkylation sites (tertiary alicyclic amines) is 1. The van der Waals surface area contributed by atoms with Gasteiger partial charge in [-0.25, -0.2) is 8.42 Å². The number of amides is 1. The lowest BCUT2D eigenvalue weighted by molar-refractivity contribution is -0.132. The fourth-order valence-corrected chi connectivity index (χ4v) is 5.52. The van der Waals surface area contributed by atoms with Crippen molar-refractivity contribution in [2.75, 3.05) is 45.8 Å². The summed E-state index contributed by atoms with van der Waals surface area (Å²) in [6.07, 6.45) is 5.01. The standard InChI is InChI=1S/C22H35N3O3S/c1-3-19(2)20-7-9-21(10-8-20)29(27,28)25-17-15-23(16-18-25)14-11-22(26)24-12-5-4-6-13-24/h7-10,19H,3-6,11-18H2,1-2H3. The van der Waals surface area contributed by atoms with Crippen LogP contribution >= 0.6 is 0 Å². The fraction of sp³-hybridized carbons (Fsp3) is 0.682. The van der Waals surface area contributed by atoms with Crippen molar-refractivity contribution < 1.29 is 13.2 Å². The molecule has 2 heterocycles. The molecule has 0 spiro atoms. The second kappa shape index (κ2) is 10.0. The van der Waals surface area contributed by atoms with Crippen molar-refractivity contribution in [1.29, 1.82) is 0 Å². The van der Waals surface area contributed by atoms with Crippen molar-refractivity contribution in [2.45, 2.75) is 56.8 Å². The maximum absolute atomic E-state index is 13.0. The molecule has 1 unspecified atom stereocenters. The zero-order valence-electron chi connectivity index (χ0n) is 17.8. The van der Waals surface area contributed by atoms with Gasteiger partial charge in [-0.05, 0) is 49.3 Å². The monoisotopic (exact) mass is 421 g/mol. The van der Waals surface area contributed by atoms with Crippen molar-refractivity contribution >= 4 is 15.9 Å². The minimum absolute atomic E-state index is 0.237. The van der Waals surface area contributed by atoms with Crippen LogP contribution in [0.1, 0.15) is 57.4 Å². The van der Waals surface area contributed by atoms with Crippen LogP contribution in [0.5, 0.6) is 0 Å². The first kappa shape index (κ1) is 22.2. The van der Waals surface area contributed by atoms with Gasteiger partial charge in [0.05, 0.1) is 4.90 Å². The van der Waals surface area contributed by atoms with E-state index in [-0.39, 0.29) is 5.91 Å². The van der Waals surface area contributed by atoms with Gasteiger partial charge in [0.25, 0.3) is 0 Å². The average molecular weight is 422 g/mol. The Morgan fingerprint density at radius 2 is 1.59 bits per heavy atom. The molecule has 3 rings (SSSR count). The molecule has 1 atom stereocenters. The fourth-order valence-electron chi connectivity index (χ4n) is 4.10. The third kappa shape index (κ3) is 5.58. The van der Waals surface area contributed by atoms with E-state index in [0.29, 0.717) is 50.0 Å². The molecule has 2 aliphatic rings. The summed E-state index contributed by atoms with van der Waals surface area (Å²) in [5.41, 5.74) is 1.18. The number of hydrogen-bond donors (Lipinski definition) is 0. The predicted octanol–water partition coefficient (Wildman–Crippen LogP) is 2.91. The highest BCUT2D eigenvalue weighted by Gasteiger charge is 2.29. The molecule has 2 aliphatic heterocycles. The van der Waals surface area contributed by atoms with Crippen molar-refractivity contribution in [3.63, 3.8) is 0 Å². The highest BCUT2D eigenvalue weighted by Crippen LogP contribution is 2.23. The van der Waals surface area contributed by atoms with Crippen LogP contribution in [0.4, 0.5) is 0 Å². The lowest BCUT2D eigenvalue weighted by Crippen LogP contribution is -2.49. The molecule has 29 heavy (non-hydrogen) atoms. The number of nitrogens with zero attached hydrogens (tertiary/aromatic N) is 3. The highest BCUT2D eigenvalue weighted by atomic mass is 32.2. The summed E-state index contributed by atoms with van der Waals surface area (Å²) in [4.78, 5) is 16.9. The SMILES string of the molecule is CCC(C)c1ccc(S(=O)(=O)N2CCN(CCC(=O)N3CCCCC3)CC2)cc1. The van der Waals surface area contributed by atoms with Crippen LogP contribution in [0.25, 0.3) is 0 Å². The van der Waals surface area contributed by atoms with E-state index in [1.165, 1.54) is 12.0 Å². The van der Waals surface area contributed by atoms with Gasteiger partial charge in [0.1, 0.15) is 0 Å². The molecule has 0 aliphatic carbocycles. The van der Waals surface area contributed by atoms with E-state index in [1.807, 2.05) is 17.0 Å². The summed E-state index contributed by atoms with van der Waals surface area (Å²) >= 11 is 0. The van der Waals surface area contributed by atoms with E-state index >= 15 is 0 Å². The number of piperazine rings is 1. The summed E-state index contributed by atoms with van der Waals surface area (Å²) in [6.45, 7) is 9.09. The van der Waals surface area contributed by atoms with Crippen molar-refractivity contribution in [2.24, 2.45) is 0 Å². The third-order valence-corrected chi connectivity index (χ3v) is 8.29. The van der Waals surface area contributed by atoms with E-state index in [9.17, 15) is 13.2 Å².